The maximum Gasteiger partial charge on any atom is 0.254 e. The van der Waals surface area contributed by atoms with E-state index in [1.165, 1.54) is 6.07 Å². The second-order valence-electron chi connectivity index (χ2n) is 6.64. The number of phenolic OH excluding ortho intramolecular Hbond substituents is 3. The maximum absolute atomic E-state index is 12.4. The van der Waals surface area contributed by atoms with Gasteiger partial charge in [-0.05, 0) is 12.5 Å². The Morgan fingerprint density at radius 1 is 1.04 bits per heavy atom. The van der Waals surface area contributed by atoms with Gasteiger partial charge in [0.2, 0.25) is 0 Å². The van der Waals surface area contributed by atoms with E-state index in [1.807, 2.05) is 35.2 Å². The number of fused-ring (bicyclic) bond motifs is 1. The topological polar surface area (TPSA) is 110 Å². The van der Waals surface area contributed by atoms with Gasteiger partial charge in [-0.1, -0.05) is 30.3 Å². The van der Waals surface area contributed by atoms with Crippen molar-refractivity contribution in [1.29, 1.82) is 0 Å². The number of nitrogens with zero attached hydrogens (tertiary/aromatic N) is 2. The van der Waals surface area contributed by atoms with Crippen LogP contribution in [0.3, 0.4) is 0 Å². The van der Waals surface area contributed by atoms with Crippen LogP contribution in [0.4, 0.5) is 0 Å². The predicted molar refractivity (Wildman–Crippen MR) is 99.5 cm³/mol. The summed E-state index contributed by atoms with van der Waals surface area (Å²) in [5.74, 6) is -0.187. The first-order chi connectivity index (χ1) is 13.0. The Morgan fingerprint density at radius 2 is 1.78 bits per heavy atom. The van der Waals surface area contributed by atoms with Gasteiger partial charge in [-0.15, -0.1) is 0 Å². The molecular formula is C20H19N3O4. The van der Waals surface area contributed by atoms with Crippen LogP contribution in [0.15, 0.2) is 47.3 Å². The predicted octanol–water partition coefficient (Wildman–Crippen LogP) is 2.11. The molecule has 0 amide bonds. The van der Waals surface area contributed by atoms with E-state index < -0.39 is 0 Å². The second kappa shape index (κ2) is 6.77. The summed E-state index contributed by atoms with van der Waals surface area (Å²) in [6.45, 7) is 1.46. The van der Waals surface area contributed by atoms with Gasteiger partial charge in [-0.2, -0.15) is 0 Å². The molecule has 7 heteroatoms. The molecule has 3 aromatic rings. The second-order valence-corrected chi connectivity index (χ2v) is 6.64. The van der Waals surface area contributed by atoms with Crippen LogP contribution in [-0.2, 0) is 19.5 Å². The first-order valence-corrected chi connectivity index (χ1v) is 8.65. The van der Waals surface area contributed by atoms with Gasteiger partial charge in [0.1, 0.15) is 11.6 Å². The van der Waals surface area contributed by atoms with E-state index in [0.29, 0.717) is 48.7 Å². The van der Waals surface area contributed by atoms with Gasteiger partial charge in [0, 0.05) is 42.4 Å². The fraction of sp³-hybridized carbons (Fsp3) is 0.200. The summed E-state index contributed by atoms with van der Waals surface area (Å²) in [6, 6.07) is 11.9. The van der Waals surface area contributed by atoms with Crippen LogP contribution in [-0.4, -0.2) is 36.7 Å². The van der Waals surface area contributed by atoms with Crippen LogP contribution in [0.5, 0.6) is 17.2 Å². The lowest BCUT2D eigenvalue weighted by Crippen LogP contribution is -2.35. The molecule has 2 heterocycles. The molecule has 27 heavy (non-hydrogen) atoms. The van der Waals surface area contributed by atoms with E-state index >= 15 is 0 Å². The van der Waals surface area contributed by atoms with E-state index in [1.54, 1.807) is 0 Å². The number of benzene rings is 2. The number of rotatable bonds is 3. The van der Waals surface area contributed by atoms with E-state index in [2.05, 4.69) is 9.97 Å². The van der Waals surface area contributed by atoms with E-state index in [0.717, 1.165) is 11.6 Å². The molecule has 1 aliphatic heterocycles. The van der Waals surface area contributed by atoms with Crippen LogP contribution in [0.25, 0.3) is 11.4 Å². The third kappa shape index (κ3) is 3.37. The lowest BCUT2D eigenvalue weighted by Gasteiger charge is -2.28. The zero-order valence-electron chi connectivity index (χ0n) is 14.5. The zero-order valence-corrected chi connectivity index (χ0v) is 14.5. The van der Waals surface area contributed by atoms with Crippen LogP contribution >= 0.6 is 0 Å². The Hall–Kier alpha value is -3.32. The van der Waals surface area contributed by atoms with Gasteiger partial charge in [0.15, 0.2) is 11.5 Å². The Labute approximate surface area is 155 Å². The Balaban J connectivity index is 1.62. The molecule has 138 valence electrons. The maximum atomic E-state index is 12.4. The van der Waals surface area contributed by atoms with E-state index in [9.17, 15) is 20.1 Å². The van der Waals surface area contributed by atoms with Crippen LogP contribution in [0, 0.1) is 0 Å². The minimum atomic E-state index is -0.360. The van der Waals surface area contributed by atoms with Crippen molar-refractivity contribution in [2.45, 2.75) is 19.5 Å². The number of aromatic nitrogens is 2. The molecule has 0 unspecified atom stereocenters. The molecule has 0 fully saturated rings. The average molecular weight is 365 g/mol. The summed E-state index contributed by atoms with van der Waals surface area (Å²) in [5.41, 5.74) is 2.62. The number of hydrogen-bond acceptors (Lipinski definition) is 6. The largest absolute Gasteiger partial charge is 0.507 e. The highest BCUT2D eigenvalue weighted by atomic mass is 16.3. The molecule has 7 nitrogen and oxygen atoms in total. The first-order valence-electron chi connectivity index (χ1n) is 8.65. The summed E-state index contributed by atoms with van der Waals surface area (Å²) < 4.78 is 0. The van der Waals surface area contributed by atoms with Gasteiger partial charge in [0.05, 0.1) is 5.69 Å². The number of hydrogen-bond donors (Lipinski definition) is 4. The third-order valence-corrected chi connectivity index (χ3v) is 4.77. The summed E-state index contributed by atoms with van der Waals surface area (Å²) >= 11 is 0. The molecular weight excluding hydrogens is 346 g/mol. The molecule has 1 aliphatic rings. The number of H-pyrrole nitrogens is 1. The molecule has 2 aromatic carbocycles. The number of aromatic amines is 1. The summed E-state index contributed by atoms with van der Waals surface area (Å²) in [7, 11) is 0. The molecule has 0 saturated carbocycles. The van der Waals surface area contributed by atoms with Crippen LogP contribution in [0.2, 0.25) is 0 Å². The fourth-order valence-electron chi connectivity index (χ4n) is 3.34. The minimum absolute atomic E-state index is 0.0834. The fourth-order valence-corrected chi connectivity index (χ4v) is 3.34. The molecule has 0 radical (unpaired) electrons. The van der Waals surface area contributed by atoms with Crippen LogP contribution in [0.1, 0.15) is 16.8 Å². The first kappa shape index (κ1) is 17.1. The summed E-state index contributed by atoms with van der Waals surface area (Å²) in [5, 5.41) is 29.1. The Kier molecular flexibility index (Phi) is 4.29. The SMILES string of the molecule is O=c1[nH]c(-c2ccccc2)nc2c1CCN(Cc1cc(O)c(O)cc1O)C2. The number of aromatic hydroxyl groups is 3. The Bertz CT molecular complexity index is 1050. The summed E-state index contributed by atoms with van der Waals surface area (Å²) in [4.78, 5) is 22.0. The standard InChI is InChI=1S/C20H19N3O4/c24-16-9-18(26)17(25)8-13(16)10-23-7-6-14-15(11-23)21-19(22-20(14)27)12-4-2-1-3-5-12/h1-5,8-9,24-26H,6-7,10-11H2,(H,21,22,27). The highest BCUT2D eigenvalue weighted by molar-refractivity contribution is 5.55. The quantitative estimate of drug-likeness (QED) is 0.418. The molecule has 1 aromatic heterocycles. The lowest BCUT2D eigenvalue weighted by atomic mass is 10.0. The van der Waals surface area contributed by atoms with Gasteiger partial charge in [0.25, 0.3) is 5.56 Å². The normalized spacial score (nSPS) is 14.1. The lowest BCUT2D eigenvalue weighted by molar-refractivity contribution is 0.237. The molecule has 0 aliphatic carbocycles. The van der Waals surface area contributed by atoms with E-state index in [-0.39, 0.29) is 22.8 Å². The molecule has 4 N–H and O–H groups in total. The molecule has 0 atom stereocenters. The number of phenols is 3. The van der Waals surface area contributed by atoms with Crippen molar-refractivity contribution in [2.75, 3.05) is 6.54 Å². The molecule has 0 saturated heterocycles. The van der Waals surface area contributed by atoms with Crippen molar-refractivity contribution in [3.63, 3.8) is 0 Å². The van der Waals surface area contributed by atoms with Crippen molar-refractivity contribution in [2.24, 2.45) is 0 Å². The van der Waals surface area contributed by atoms with Crippen molar-refractivity contribution in [1.82, 2.24) is 14.9 Å². The molecule has 4 rings (SSSR count). The van der Waals surface area contributed by atoms with Crippen molar-refractivity contribution >= 4 is 0 Å². The number of nitrogens with one attached hydrogen (secondary N) is 1. The Morgan fingerprint density at radius 3 is 2.56 bits per heavy atom. The summed E-state index contributed by atoms with van der Waals surface area (Å²) in [6.07, 6.45) is 0.553. The van der Waals surface area contributed by atoms with Gasteiger partial charge in [-0.3, -0.25) is 9.69 Å². The van der Waals surface area contributed by atoms with Gasteiger partial charge >= 0.3 is 0 Å². The van der Waals surface area contributed by atoms with Crippen molar-refractivity contribution in [3.05, 3.63) is 69.6 Å². The highest BCUT2D eigenvalue weighted by Gasteiger charge is 2.22. The minimum Gasteiger partial charge on any atom is -0.507 e. The monoisotopic (exact) mass is 365 g/mol. The third-order valence-electron chi connectivity index (χ3n) is 4.77. The van der Waals surface area contributed by atoms with Gasteiger partial charge < -0.3 is 20.3 Å². The molecule has 0 bridgehead atoms. The van der Waals surface area contributed by atoms with Crippen LogP contribution < -0.4 is 5.56 Å². The smallest absolute Gasteiger partial charge is 0.254 e. The van der Waals surface area contributed by atoms with E-state index in [4.69, 9.17) is 0 Å². The van der Waals surface area contributed by atoms with Gasteiger partial charge in [-0.25, -0.2) is 4.98 Å². The highest BCUT2D eigenvalue weighted by Crippen LogP contribution is 2.33. The zero-order chi connectivity index (χ0) is 19.0. The average Bonchev–Trinajstić information content (AvgIpc) is 2.66. The van der Waals surface area contributed by atoms with Crippen molar-refractivity contribution < 1.29 is 15.3 Å². The molecule has 0 spiro atoms. The van der Waals surface area contributed by atoms with Crippen molar-refractivity contribution in [3.8, 4) is 28.6 Å².